The van der Waals surface area contributed by atoms with Crippen LogP contribution in [0.4, 0.5) is 5.69 Å². The molecule has 0 bridgehead atoms. The van der Waals surface area contributed by atoms with Crippen molar-refractivity contribution in [1.82, 2.24) is 0 Å². The van der Waals surface area contributed by atoms with E-state index in [4.69, 9.17) is 17.3 Å². The van der Waals surface area contributed by atoms with Gasteiger partial charge in [-0.05, 0) is 45.4 Å². The number of hydrogen-bond donors (Lipinski definition) is 2. The number of nitrogens with zero attached hydrogens (tertiary/aromatic N) is 1. The van der Waals surface area contributed by atoms with Crippen LogP contribution in [0.5, 0.6) is 0 Å². The van der Waals surface area contributed by atoms with Crippen molar-refractivity contribution in [3.05, 3.63) is 28.8 Å². The van der Waals surface area contributed by atoms with Crippen LogP contribution in [0, 0.1) is 0 Å². The van der Waals surface area contributed by atoms with Crippen molar-refractivity contribution in [3.63, 3.8) is 0 Å². The molecule has 0 aliphatic heterocycles. The summed E-state index contributed by atoms with van der Waals surface area (Å²) in [6.07, 6.45) is 0. The fourth-order valence-electron chi connectivity index (χ4n) is 1.90. The minimum Gasteiger partial charge on any atom is -0.389 e. The topological polar surface area (TPSA) is 49.5 Å². The van der Waals surface area contributed by atoms with Gasteiger partial charge in [0.05, 0.1) is 16.3 Å². The molecule has 1 rings (SSSR count). The Hall–Kier alpha value is -0.770. The second kappa shape index (κ2) is 5.91. The van der Waals surface area contributed by atoms with Gasteiger partial charge in [-0.2, -0.15) is 0 Å². The number of hydrogen-bond acceptors (Lipinski definition) is 3. The summed E-state index contributed by atoms with van der Waals surface area (Å²) in [5.41, 5.74) is 7.03. The molecule has 4 heteroatoms. The van der Waals surface area contributed by atoms with Crippen molar-refractivity contribution in [2.24, 2.45) is 5.73 Å². The number of rotatable bonds is 5. The lowest BCUT2D eigenvalue weighted by molar-refractivity contribution is 0.0876. The van der Waals surface area contributed by atoms with Crippen LogP contribution in [0.25, 0.3) is 0 Å². The first-order valence-corrected chi connectivity index (χ1v) is 6.64. The Kier molecular flexibility index (Phi) is 5.02. The number of anilines is 1. The summed E-state index contributed by atoms with van der Waals surface area (Å²) >= 11 is 6.30. The molecule has 0 aromatic heterocycles. The number of nitrogens with two attached hydrogens (primary N) is 1. The zero-order chi connectivity index (χ0) is 13.9. The van der Waals surface area contributed by atoms with E-state index in [0.717, 1.165) is 17.8 Å². The van der Waals surface area contributed by atoms with E-state index in [0.29, 0.717) is 11.6 Å². The molecule has 0 heterocycles. The predicted octanol–water partition coefficient (Wildman–Crippen LogP) is 2.96. The average Bonchev–Trinajstić information content (AvgIpc) is 2.24. The second-order valence-electron chi connectivity index (χ2n) is 5.33. The standard InChI is InChI=1S/C14H23ClN2O/c1-5-17(9-14(3,4)18)13-7-6-11(10(2)16)8-12(13)15/h6-8,10,18H,5,9,16H2,1-4H3. The summed E-state index contributed by atoms with van der Waals surface area (Å²) in [5, 5.41) is 10.6. The van der Waals surface area contributed by atoms with Crippen molar-refractivity contribution in [2.75, 3.05) is 18.0 Å². The average molecular weight is 271 g/mol. The molecule has 0 spiro atoms. The molecule has 0 aliphatic rings. The highest BCUT2D eigenvalue weighted by Gasteiger charge is 2.19. The van der Waals surface area contributed by atoms with Gasteiger partial charge in [0.2, 0.25) is 0 Å². The van der Waals surface area contributed by atoms with E-state index in [9.17, 15) is 5.11 Å². The van der Waals surface area contributed by atoms with Gasteiger partial charge in [-0.3, -0.25) is 0 Å². The minimum atomic E-state index is -0.751. The molecule has 102 valence electrons. The van der Waals surface area contributed by atoms with Crippen LogP contribution in [0.2, 0.25) is 5.02 Å². The molecule has 1 unspecified atom stereocenters. The van der Waals surface area contributed by atoms with Crippen LogP contribution < -0.4 is 10.6 Å². The van der Waals surface area contributed by atoms with Gasteiger partial charge in [-0.1, -0.05) is 17.7 Å². The molecule has 0 saturated carbocycles. The first-order valence-electron chi connectivity index (χ1n) is 6.27. The van der Waals surface area contributed by atoms with Gasteiger partial charge < -0.3 is 15.7 Å². The Bertz CT molecular complexity index is 399. The normalized spacial score (nSPS) is 13.5. The summed E-state index contributed by atoms with van der Waals surface area (Å²) in [6, 6.07) is 5.82. The fourth-order valence-corrected chi connectivity index (χ4v) is 2.21. The second-order valence-corrected chi connectivity index (χ2v) is 5.73. The molecule has 0 aliphatic carbocycles. The van der Waals surface area contributed by atoms with Crippen LogP contribution in [0.3, 0.4) is 0 Å². The Morgan fingerprint density at radius 1 is 1.44 bits per heavy atom. The Morgan fingerprint density at radius 3 is 2.44 bits per heavy atom. The van der Waals surface area contributed by atoms with Crippen LogP contribution in [0.1, 0.15) is 39.3 Å². The molecule has 0 fully saturated rings. The maximum absolute atomic E-state index is 9.91. The Morgan fingerprint density at radius 2 is 2.06 bits per heavy atom. The molecule has 3 nitrogen and oxygen atoms in total. The SMILES string of the molecule is CCN(CC(C)(C)O)c1ccc(C(C)N)cc1Cl. The van der Waals surface area contributed by atoms with E-state index in [1.165, 1.54) is 0 Å². The van der Waals surface area contributed by atoms with Crippen LogP contribution in [-0.2, 0) is 0 Å². The van der Waals surface area contributed by atoms with Gasteiger partial charge >= 0.3 is 0 Å². The summed E-state index contributed by atoms with van der Waals surface area (Å²) in [7, 11) is 0. The van der Waals surface area contributed by atoms with Crippen LogP contribution in [0.15, 0.2) is 18.2 Å². The predicted molar refractivity (Wildman–Crippen MR) is 78.2 cm³/mol. The summed E-state index contributed by atoms with van der Waals surface area (Å²) in [4.78, 5) is 2.06. The van der Waals surface area contributed by atoms with Gasteiger partial charge in [-0.15, -0.1) is 0 Å². The monoisotopic (exact) mass is 270 g/mol. The quantitative estimate of drug-likeness (QED) is 0.865. The molecule has 1 atom stereocenters. The molecular weight excluding hydrogens is 248 g/mol. The molecule has 18 heavy (non-hydrogen) atoms. The molecule has 0 amide bonds. The highest BCUT2D eigenvalue weighted by molar-refractivity contribution is 6.33. The van der Waals surface area contributed by atoms with E-state index in [1.807, 2.05) is 32.0 Å². The maximum Gasteiger partial charge on any atom is 0.0765 e. The molecule has 0 saturated heterocycles. The van der Waals surface area contributed by atoms with Crippen molar-refractivity contribution < 1.29 is 5.11 Å². The zero-order valence-electron chi connectivity index (χ0n) is 11.6. The third-order valence-electron chi connectivity index (χ3n) is 2.80. The fraction of sp³-hybridized carbons (Fsp3) is 0.571. The van der Waals surface area contributed by atoms with Gasteiger partial charge in [0.1, 0.15) is 0 Å². The lowest BCUT2D eigenvalue weighted by Gasteiger charge is -2.30. The first-order chi connectivity index (χ1) is 8.24. The molecule has 1 aromatic carbocycles. The third kappa shape index (κ3) is 4.16. The van der Waals surface area contributed by atoms with E-state index in [2.05, 4.69) is 4.90 Å². The molecule has 3 N–H and O–H groups in total. The Labute approximate surface area is 115 Å². The van der Waals surface area contributed by atoms with Crippen LogP contribution in [-0.4, -0.2) is 23.8 Å². The van der Waals surface area contributed by atoms with Gasteiger partial charge in [0.25, 0.3) is 0 Å². The number of aliphatic hydroxyl groups is 1. The maximum atomic E-state index is 9.91. The number of likely N-dealkylation sites (N-methyl/N-ethyl adjacent to an activating group) is 1. The van der Waals surface area contributed by atoms with E-state index in [-0.39, 0.29) is 6.04 Å². The van der Waals surface area contributed by atoms with Crippen molar-refractivity contribution in [2.45, 2.75) is 39.3 Å². The van der Waals surface area contributed by atoms with Gasteiger partial charge in [0, 0.05) is 19.1 Å². The summed E-state index contributed by atoms with van der Waals surface area (Å²) in [6.45, 7) is 8.89. The van der Waals surface area contributed by atoms with Crippen LogP contribution >= 0.6 is 11.6 Å². The summed E-state index contributed by atoms with van der Waals surface area (Å²) < 4.78 is 0. The Balaban J connectivity index is 3.00. The lowest BCUT2D eigenvalue weighted by Crippen LogP contribution is -2.38. The molecular formula is C14H23ClN2O. The number of halogens is 1. The van der Waals surface area contributed by atoms with Crippen molar-refractivity contribution in [1.29, 1.82) is 0 Å². The first kappa shape index (κ1) is 15.3. The summed E-state index contributed by atoms with van der Waals surface area (Å²) in [5.74, 6) is 0. The highest BCUT2D eigenvalue weighted by Crippen LogP contribution is 2.29. The smallest absolute Gasteiger partial charge is 0.0765 e. The van der Waals surface area contributed by atoms with Crippen molar-refractivity contribution >= 4 is 17.3 Å². The zero-order valence-corrected chi connectivity index (χ0v) is 12.3. The largest absolute Gasteiger partial charge is 0.389 e. The highest BCUT2D eigenvalue weighted by atomic mass is 35.5. The van der Waals surface area contributed by atoms with E-state index in [1.54, 1.807) is 13.8 Å². The minimum absolute atomic E-state index is 0.0269. The lowest BCUT2D eigenvalue weighted by atomic mass is 10.1. The van der Waals surface area contributed by atoms with Gasteiger partial charge in [-0.25, -0.2) is 0 Å². The number of benzene rings is 1. The third-order valence-corrected chi connectivity index (χ3v) is 3.10. The van der Waals surface area contributed by atoms with E-state index >= 15 is 0 Å². The molecule has 1 aromatic rings. The molecule has 0 radical (unpaired) electrons. The van der Waals surface area contributed by atoms with E-state index < -0.39 is 5.60 Å². The van der Waals surface area contributed by atoms with Crippen molar-refractivity contribution in [3.8, 4) is 0 Å². The van der Waals surface area contributed by atoms with Gasteiger partial charge in [0.15, 0.2) is 0 Å².